The van der Waals surface area contributed by atoms with E-state index in [1.165, 1.54) is 45.1 Å². The number of carbonyl (C=O) groups excluding carboxylic acids is 1. The van der Waals surface area contributed by atoms with Crippen molar-refractivity contribution in [3.8, 4) is 11.5 Å². The number of rotatable bonds is 13. The number of fused-ring (bicyclic) bond motifs is 1. The molecule has 5 fully saturated rings. The van der Waals surface area contributed by atoms with E-state index >= 15 is 0 Å². The summed E-state index contributed by atoms with van der Waals surface area (Å²) in [6.45, 7) is 4.53. The summed E-state index contributed by atoms with van der Waals surface area (Å²) >= 11 is 0. The van der Waals surface area contributed by atoms with Crippen LogP contribution in [0.1, 0.15) is 97.7 Å². The van der Waals surface area contributed by atoms with Crippen LogP contribution in [0.3, 0.4) is 0 Å². The Morgan fingerprint density at radius 1 is 0.952 bits per heavy atom. The molecule has 3 N–H and O–H groups in total. The van der Waals surface area contributed by atoms with Gasteiger partial charge < -0.3 is 24.7 Å². The highest BCUT2D eigenvalue weighted by atomic mass is 32.2. The van der Waals surface area contributed by atoms with Gasteiger partial charge in [0.15, 0.2) is 0 Å². The molecule has 3 aliphatic heterocycles. The lowest BCUT2D eigenvalue weighted by Crippen LogP contribution is -2.54. The number of nitrogens with one attached hydrogen (secondary N) is 3. The van der Waals surface area contributed by atoms with Gasteiger partial charge in [-0.2, -0.15) is 0 Å². The molecule has 0 unspecified atom stereocenters. The second-order valence-corrected chi connectivity index (χ2v) is 19.6. The summed E-state index contributed by atoms with van der Waals surface area (Å²) in [6, 6.07) is 20.0. The highest BCUT2D eigenvalue weighted by molar-refractivity contribution is 7.90. The van der Waals surface area contributed by atoms with Crippen LogP contribution in [0.2, 0.25) is 0 Å². The number of hydrogen-bond acceptors (Lipinski definition) is 12. The number of aromatic amines is 1. The molecule has 0 bridgehead atoms. The molecule has 1 spiro atoms. The molecule has 16 heteroatoms. The standard InChI is InChI=1S/C46H52N8O7S/c55-45(51-62(58,59)36-24-41(54(56)57)44(50-29-36)48-27-30-12-20-60-21-13-30)39-10-9-33(23-42(39)61-35-22-32-11-16-47-43(32)49-28-35)52-18-14-46(15-19-52)25-34(26-46)53-17-3-6-40(53)38-5-2-1-4-37(38)31-7-8-31/h1-2,4-5,9-11,16,22-24,28-31,34,40H,3,6-8,12-15,17-21,25-27H2,(H,47,49)(H,48,50)(H,51,55)/t40-/m0/s1. The Morgan fingerprint density at radius 3 is 2.52 bits per heavy atom. The predicted octanol–water partition coefficient (Wildman–Crippen LogP) is 8.08. The van der Waals surface area contributed by atoms with Crippen molar-refractivity contribution in [1.82, 2.24) is 24.6 Å². The number of carbonyl (C=O) groups is 1. The number of aromatic nitrogens is 3. The molecule has 1 amide bonds. The number of ether oxygens (including phenoxy) is 2. The zero-order chi connectivity index (χ0) is 42.4. The SMILES string of the molecule is O=C(NS(=O)(=O)c1cnc(NCC2CCOCC2)c([N+](=O)[O-])c1)c1ccc(N2CCC3(CC2)CC(N2CCC[C@H]2c2ccccc2C2CC2)C3)cc1Oc1cnc2[nH]ccc2c1. The van der Waals surface area contributed by atoms with Crippen LogP contribution in [-0.2, 0) is 14.8 Å². The lowest BCUT2D eigenvalue weighted by molar-refractivity contribution is -0.384. The van der Waals surface area contributed by atoms with Gasteiger partial charge in [0.05, 0.1) is 22.9 Å². The van der Waals surface area contributed by atoms with Crippen molar-refractivity contribution in [2.75, 3.05) is 49.6 Å². The topological polar surface area (TPSA) is 185 Å². The summed E-state index contributed by atoms with van der Waals surface area (Å²) in [5, 5.41) is 15.9. The summed E-state index contributed by atoms with van der Waals surface area (Å²) in [7, 11) is -4.60. The van der Waals surface area contributed by atoms with Crippen LogP contribution >= 0.6 is 0 Å². The first-order valence-electron chi connectivity index (χ1n) is 22.0. The zero-order valence-electron chi connectivity index (χ0n) is 34.6. The van der Waals surface area contributed by atoms with Gasteiger partial charge in [-0.3, -0.25) is 19.8 Å². The summed E-state index contributed by atoms with van der Waals surface area (Å²) in [4.78, 5) is 41.5. The van der Waals surface area contributed by atoms with E-state index in [0.29, 0.717) is 48.7 Å². The molecular weight excluding hydrogens is 809 g/mol. The minimum atomic E-state index is -4.60. The fraction of sp³-hybridized carbons (Fsp3) is 0.457. The summed E-state index contributed by atoms with van der Waals surface area (Å²) in [5.74, 6) is 0.510. The molecule has 324 valence electrons. The molecule has 15 nitrogen and oxygen atoms in total. The van der Waals surface area contributed by atoms with E-state index in [1.807, 2.05) is 12.1 Å². The number of benzene rings is 2. The Balaban J connectivity index is 0.841. The minimum absolute atomic E-state index is 0.0255. The second-order valence-electron chi connectivity index (χ2n) is 17.9. The quantitative estimate of drug-likeness (QED) is 0.0765. The van der Waals surface area contributed by atoms with Crippen molar-refractivity contribution < 1.29 is 27.6 Å². The minimum Gasteiger partial charge on any atom is -0.455 e. The van der Waals surface area contributed by atoms with Crippen LogP contribution in [0.5, 0.6) is 11.5 Å². The van der Waals surface area contributed by atoms with E-state index in [4.69, 9.17) is 9.47 Å². The number of sulfonamides is 1. The Bertz CT molecular complexity index is 2590. The van der Waals surface area contributed by atoms with Crippen LogP contribution in [0.4, 0.5) is 17.2 Å². The number of hydrogen-bond donors (Lipinski definition) is 3. The fourth-order valence-corrected chi connectivity index (χ4v) is 11.3. The van der Waals surface area contributed by atoms with Crippen LogP contribution in [0.25, 0.3) is 11.0 Å². The van der Waals surface area contributed by atoms with Gasteiger partial charge in [-0.25, -0.2) is 23.1 Å². The van der Waals surface area contributed by atoms with Crippen molar-refractivity contribution in [3.05, 3.63) is 106 Å². The highest BCUT2D eigenvalue weighted by Gasteiger charge is 2.50. The molecule has 6 heterocycles. The molecule has 10 rings (SSSR count). The van der Waals surface area contributed by atoms with E-state index in [0.717, 1.165) is 68.0 Å². The van der Waals surface area contributed by atoms with E-state index in [9.17, 15) is 23.3 Å². The average Bonchev–Trinajstić information content (AvgIpc) is 3.82. The van der Waals surface area contributed by atoms with Gasteiger partial charge in [-0.15, -0.1) is 0 Å². The third kappa shape index (κ3) is 8.22. The molecular formula is C46H52N8O7S. The first kappa shape index (κ1) is 40.5. The van der Waals surface area contributed by atoms with E-state index in [2.05, 4.69) is 59.1 Å². The van der Waals surface area contributed by atoms with E-state index in [-0.39, 0.29) is 23.0 Å². The molecule has 2 aliphatic carbocycles. The Morgan fingerprint density at radius 2 is 1.74 bits per heavy atom. The van der Waals surface area contributed by atoms with Gasteiger partial charge in [0.2, 0.25) is 5.82 Å². The average molecular weight is 861 g/mol. The normalized spacial score (nSPS) is 20.9. The number of amides is 1. The Hall–Kier alpha value is -5.58. The largest absolute Gasteiger partial charge is 0.455 e. The van der Waals surface area contributed by atoms with Gasteiger partial charge >= 0.3 is 5.69 Å². The van der Waals surface area contributed by atoms with E-state index in [1.54, 1.807) is 41.7 Å². The summed E-state index contributed by atoms with van der Waals surface area (Å²) < 4.78 is 41.1. The lowest BCUT2D eigenvalue weighted by atomic mass is 9.59. The maximum Gasteiger partial charge on any atom is 0.312 e. The summed E-state index contributed by atoms with van der Waals surface area (Å²) in [5.41, 5.74) is 4.45. The third-order valence-electron chi connectivity index (χ3n) is 14.0. The smallest absolute Gasteiger partial charge is 0.312 e. The Labute approximate surface area is 360 Å². The van der Waals surface area contributed by atoms with Crippen molar-refractivity contribution in [1.29, 1.82) is 0 Å². The maximum atomic E-state index is 13.9. The molecule has 62 heavy (non-hydrogen) atoms. The predicted molar refractivity (Wildman–Crippen MR) is 234 cm³/mol. The van der Waals surface area contributed by atoms with Crippen molar-refractivity contribution in [2.45, 2.75) is 87.1 Å². The Kier molecular flexibility index (Phi) is 10.8. The van der Waals surface area contributed by atoms with Crippen LogP contribution in [0, 0.1) is 21.4 Å². The van der Waals surface area contributed by atoms with Gasteiger partial charge in [-0.05, 0) is 123 Å². The molecule has 3 saturated heterocycles. The van der Waals surface area contributed by atoms with Crippen molar-refractivity contribution in [2.24, 2.45) is 11.3 Å². The number of likely N-dealkylation sites (tertiary alicyclic amines) is 1. The molecule has 2 aromatic carbocycles. The number of anilines is 2. The number of H-pyrrole nitrogens is 1. The maximum absolute atomic E-state index is 13.9. The van der Waals surface area contributed by atoms with Crippen molar-refractivity contribution >= 4 is 44.2 Å². The molecule has 5 aliphatic rings. The number of nitrogens with zero attached hydrogens (tertiary/aromatic N) is 5. The van der Waals surface area contributed by atoms with Crippen LogP contribution in [0.15, 0.2) is 84.1 Å². The number of piperidine rings is 1. The molecule has 3 aromatic heterocycles. The number of nitro groups is 1. The molecule has 1 atom stereocenters. The van der Waals surface area contributed by atoms with Crippen LogP contribution in [-0.4, -0.2) is 84.5 Å². The second kappa shape index (κ2) is 16.6. The number of pyridine rings is 2. The zero-order valence-corrected chi connectivity index (χ0v) is 35.4. The van der Waals surface area contributed by atoms with Gasteiger partial charge in [0.25, 0.3) is 15.9 Å². The van der Waals surface area contributed by atoms with Gasteiger partial charge in [0, 0.05) is 74.3 Å². The molecule has 5 aromatic rings. The first-order valence-corrected chi connectivity index (χ1v) is 23.5. The van der Waals surface area contributed by atoms with Crippen molar-refractivity contribution in [3.63, 3.8) is 0 Å². The molecule has 2 saturated carbocycles. The summed E-state index contributed by atoms with van der Waals surface area (Å²) in [6.07, 6.45) is 15.6. The van der Waals surface area contributed by atoms with Gasteiger partial charge in [-0.1, -0.05) is 24.3 Å². The van der Waals surface area contributed by atoms with E-state index < -0.39 is 31.4 Å². The third-order valence-corrected chi connectivity index (χ3v) is 15.2. The monoisotopic (exact) mass is 860 g/mol. The van der Waals surface area contributed by atoms with Crippen LogP contribution < -0.4 is 19.7 Å². The highest BCUT2D eigenvalue weighted by Crippen LogP contribution is 2.55. The first-order chi connectivity index (χ1) is 30.1. The fourth-order valence-electron chi connectivity index (χ4n) is 10.3. The lowest BCUT2D eigenvalue weighted by Gasteiger charge is -2.56. The van der Waals surface area contributed by atoms with Gasteiger partial charge in [0.1, 0.15) is 22.0 Å². The molecule has 0 radical (unpaired) electrons.